The summed E-state index contributed by atoms with van der Waals surface area (Å²) in [6.07, 6.45) is 0. The summed E-state index contributed by atoms with van der Waals surface area (Å²) in [5, 5.41) is 6.41. The molecule has 0 radical (unpaired) electrons. The zero-order valence-corrected chi connectivity index (χ0v) is 14.7. The number of ether oxygens (including phenoxy) is 1. The summed E-state index contributed by atoms with van der Waals surface area (Å²) in [5.41, 5.74) is 7.56. The molecule has 0 aliphatic rings. The average Bonchev–Trinajstić information content (AvgIpc) is 2.56. The van der Waals surface area contributed by atoms with E-state index in [0.29, 0.717) is 30.2 Å². The highest BCUT2D eigenvalue weighted by molar-refractivity contribution is 6.37. The highest BCUT2D eigenvalue weighted by atomic mass is 35.5. The molecule has 7 heteroatoms. The van der Waals surface area contributed by atoms with E-state index in [1.54, 1.807) is 0 Å². The monoisotopic (exact) mass is 367 g/mol. The molecule has 2 rings (SSSR count). The van der Waals surface area contributed by atoms with Crippen molar-refractivity contribution in [3.63, 3.8) is 0 Å². The lowest BCUT2D eigenvalue weighted by Crippen LogP contribution is -2.13. The number of hydrogen-bond donors (Lipinski definition) is 3. The number of hydrogen-bond acceptors (Lipinski definition) is 4. The molecule has 128 valence electrons. The molecular formula is C17H19Cl2N3O2. The fourth-order valence-electron chi connectivity index (χ4n) is 2.10. The van der Waals surface area contributed by atoms with Gasteiger partial charge in [0, 0.05) is 24.3 Å². The number of nitrogens with two attached hydrogens (primary N) is 1. The molecule has 5 nitrogen and oxygen atoms in total. The summed E-state index contributed by atoms with van der Waals surface area (Å²) in [6, 6.07) is 10.6. The molecule has 0 aliphatic heterocycles. The maximum Gasteiger partial charge on any atom is 0.255 e. The molecule has 0 bridgehead atoms. The van der Waals surface area contributed by atoms with Crippen molar-refractivity contribution in [1.82, 2.24) is 5.32 Å². The number of halogens is 2. The van der Waals surface area contributed by atoms with E-state index in [9.17, 15) is 4.79 Å². The van der Waals surface area contributed by atoms with E-state index >= 15 is 0 Å². The molecule has 2 aromatic rings. The van der Waals surface area contributed by atoms with E-state index < -0.39 is 0 Å². The van der Waals surface area contributed by atoms with Gasteiger partial charge in [-0.05, 0) is 36.9 Å². The summed E-state index contributed by atoms with van der Waals surface area (Å²) in [6.45, 7) is 1.41. The van der Waals surface area contributed by atoms with Crippen LogP contribution in [0.5, 0.6) is 5.75 Å². The molecule has 0 aliphatic carbocycles. The molecule has 4 N–H and O–H groups in total. The van der Waals surface area contributed by atoms with Gasteiger partial charge in [0.15, 0.2) is 5.75 Å². The summed E-state index contributed by atoms with van der Waals surface area (Å²) in [4.78, 5) is 12.4. The predicted molar refractivity (Wildman–Crippen MR) is 98.2 cm³/mol. The van der Waals surface area contributed by atoms with Crippen LogP contribution in [0.3, 0.4) is 0 Å². The Balaban J connectivity index is 2.11. The molecule has 0 unspecified atom stereocenters. The van der Waals surface area contributed by atoms with Crippen LogP contribution in [0.15, 0.2) is 36.4 Å². The minimum absolute atomic E-state index is 0.269. The summed E-state index contributed by atoms with van der Waals surface area (Å²) in [5.74, 6) is 0.0299. The minimum Gasteiger partial charge on any atom is -0.489 e. The summed E-state index contributed by atoms with van der Waals surface area (Å²) in [7, 11) is 1.88. The fraction of sp³-hybridized carbons (Fsp3) is 0.235. The molecule has 0 atom stereocenters. The van der Waals surface area contributed by atoms with Crippen molar-refractivity contribution < 1.29 is 9.53 Å². The van der Waals surface area contributed by atoms with E-state index in [4.69, 9.17) is 33.7 Å². The molecule has 0 saturated heterocycles. The first-order valence-electron chi connectivity index (χ1n) is 7.42. The Hall–Kier alpha value is -1.79. The van der Waals surface area contributed by atoms with Crippen molar-refractivity contribution in [1.29, 1.82) is 0 Å². The molecule has 0 fully saturated rings. The summed E-state index contributed by atoms with van der Waals surface area (Å²) < 4.78 is 5.38. The van der Waals surface area contributed by atoms with Crippen molar-refractivity contribution in [2.45, 2.75) is 6.54 Å². The van der Waals surface area contributed by atoms with Gasteiger partial charge in [-0.2, -0.15) is 0 Å². The lowest BCUT2D eigenvalue weighted by atomic mass is 10.1. The number of carbonyl (C=O) groups excluding carboxylic acids is 1. The van der Waals surface area contributed by atoms with Crippen molar-refractivity contribution in [2.75, 3.05) is 25.5 Å². The van der Waals surface area contributed by atoms with E-state index in [2.05, 4.69) is 10.6 Å². The van der Waals surface area contributed by atoms with Gasteiger partial charge < -0.3 is 21.1 Å². The van der Waals surface area contributed by atoms with Gasteiger partial charge in [-0.15, -0.1) is 0 Å². The second-order valence-corrected chi connectivity index (χ2v) is 5.90. The predicted octanol–water partition coefficient (Wildman–Crippen LogP) is 3.30. The van der Waals surface area contributed by atoms with E-state index in [0.717, 1.165) is 12.1 Å². The topological polar surface area (TPSA) is 76.4 Å². The Kier molecular flexibility index (Phi) is 6.87. The summed E-state index contributed by atoms with van der Waals surface area (Å²) >= 11 is 12.3. The van der Waals surface area contributed by atoms with Gasteiger partial charge in [-0.3, -0.25) is 4.79 Å². The Bertz CT molecular complexity index is 682. The second-order valence-electron chi connectivity index (χ2n) is 5.09. The van der Waals surface area contributed by atoms with E-state index in [1.807, 2.05) is 31.3 Å². The molecule has 1 amide bonds. The fourth-order valence-corrected chi connectivity index (χ4v) is 2.70. The van der Waals surface area contributed by atoms with Crippen LogP contribution in [-0.4, -0.2) is 26.1 Å². The first-order valence-corrected chi connectivity index (χ1v) is 8.17. The zero-order valence-electron chi connectivity index (χ0n) is 13.2. The van der Waals surface area contributed by atoms with Crippen LogP contribution in [0, 0.1) is 0 Å². The molecule has 0 heterocycles. The normalized spacial score (nSPS) is 10.5. The van der Waals surface area contributed by atoms with Crippen LogP contribution in [0.25, 0.3) is 0 Å². The van der Waals surface area contributed by atoms with E-state index in [1.165, 1.54) is 12.1 Å². The third kappa shape index (κ3) is 4.85. The lowest BCUT2D eigenvalue weighted by Gasteiger charge is -2.11. The number of nitrogens with one attached hydrogen (secondary N) is 2. The van der Waals surface area contributed by atoms with Gasteiger partial charge >= 0.3 is 0 Å². The Morgan fingerprint density at radius 2 is 1.79 bits per heavy atom. The van der Waals surface area contributed by atoms with Gasteiger partial charge in [0.1, 0.15) is 6.61 Å². The third-order valence-electron chi connectivity index (χ3n) is 3.22. The number of benzene rings is 2. The molecule has 0 aromatic heterocycles. The van der Waals surface area contributed by atoms with E-state index in [-0.39, 0.29) is 16.0 Å². The number of rotatable bonds is 7. The van der Waals surface area contributed by atoms with Crippen LogP contribution < -0.4 is 21.1 Å². The standard InChI is InChI=1S/C17H19Cl2N3O2/c1-21-10-11-2-4-13(5-3-11)22-17(23)12-8-14(18)16(15(19)9-12)24-7-6-20/h2-5,8-9,21H,6-7,10,20H2,1H3,(H,22,23). The van der Waals surface area contributed by atoms with Crippen LogP contribution in [0.4, 0.5) is 5.69 Å². The number of amides is 1. The Morgan fingerprint density at radius 3 is 2.33 bits per heavy atom. The molecular weight excluding hydrogens is 349 g/mol. The number of anilines is 1. The minimum atomic E-state index is -0.300. The van der Waals surface area contributed by atoms with Crippen LogP contribution in [-0.2, 0) is 6.54 Å². The number of carbonyl (C=O) groups is 1. The Morgan fingerprint density at radius 1 is 1.17 bits per heavy atom. The molecule has 2 aromatic carbocycles. The van der Waals surface area contributed by atoms with Crippen LogP contribution in [0.2, 0.25) is 10.0 Å². The maximum absolute atomic E-state index is 12.4. The SMILES string of the molecule is CNCc1ccc(NC(=O)c2cc(Cl)c(OCCN)c(Cl)c2)cc1. The maximum atomic E-state index is 12.4. The second kappa shape index (κ2) is 8.89. The lowest BCUT2D eigenvalue weighted by molar-refractivity contribution is 0.102. The van der Waals surface area contributed by atoms with Gasteiger partial charge in [-0.25, -0.2) is 0 Å². The molecule has 0 spiro atoms. The Labute approximate surface area is 151 Å². The smallest absolute Gasteiger partial charge is 0.255 e. The van der Waals surface area contributed by atoms with Gasteiger partial charge in [-0.1, -0.05) is 35.3 Å². The van der Waals surface area contributed by atoms with Crippen molar-refractivity contribution in [3.05, 3.63) is 57.6 Å². The molecule has 0 saturated carbocycles. The highest BCUT2D eigenvalue weighted by Crippen LogP contribution is 2.34. The van der Waals surface area contributed by atoms with Crippen LogP contribution in [0.1, 0.15) is 15.9 Å². The first-order chi connectivity index (χ1) is 11.5. The van der Waals surface area contributed by atoms with Crippen molar-refractivity contribution >= 4 is 34.8 Å². The van der Waals surface area contributed by atoms with Crippen molar-refractivity contribution in [3.8, 4) is 5.75 Å². The highest BCUT2D eigenvalue weighted by Gasteiger charge is 2.14. The van der Waals surface area contributed by atoms with Crippen molar-refractivity contribution in [2.24, 2.45) is 5.73 Å². The third-order valence-corrected chi connectivity index (χ3v) is 3.78. The van der Waals surface area contributed by atoms with Crippen LogP contribution >= 0.6 is 23.2 Å². The van der Waals surface area contributed by atoms with Gasteiger partial charge in [0.25, 0.3) is 5.91 Å². The largest absolute Gasteiger partial charge is 0.489 e. The quantitative estimate of drug-likeness (QED) is 0.701. The first kappa shape index (κ1) is 18.5. The zero-order chi connectivity index (χ0) is 17.5. The molecule has 24 heavy (non-hydrogen) atoms. The van der Waals surface area contributed by atoms with Gasteiger partial charge in [0.2, 0.25) is 0 Å². The van der Waals surface area contributed by atoms with Gasteiger partial charge in [0.05, 0.1) is 10.0 Å². The average molecular weight is 368 g/mol.